The molecule has 1 heterocycles. The van der Waals surface area contributed by atoms with E-state index < -0.39 is 0 Å². The number of hydrogen-bond donors (Lipinski definition) is 1. The molecule has 1 fully saturated rings. The molecule has 54 valence electrons. The van der Waals surface area contributed by atoms with Gasteiger partial charge in [-0.25, -0.2) is 0 Å². The third-order valence-electron chi connectivity index (χ3n) is 1.64. The molecule has 1 aliphatic rings. The van der Waals surface area contributed by atoms with Gasteiger partial charge in [-0.2, -0.15) is 0 Å². The molecular formula is C8H11NO. The standard InChI is InChI=1S/C8H11NO/c10-6-2-4-8-3-1-5-9-7-8/h6,8-9H,1,3,5,7H2. The third-order valence-corrected chi connectivity index (χ3v) is 1.64. The predicted octanol–water partition coefficient (Wildman–Crippen LogP) is 0.188. The van der Waals surface area contributed by atoms with Crippen molar-refractivity contribution in [3.63, 3.8) is 0 Å². The first-order chi connectivity index (χ1) is 4.93. The molecule has 0 saturated carbocycles. The zero-order valence-electron chi connectivity index (χ0n) is 5.89. The normalized spacial score (nSPS) is 24.6. The quantitative estimate of drug-likeness (QED) is 0.381. The van der Waals surface area contributed by atoms with E-state index in [4.69, 9.17) is 0 Å². The molecule has 0 aliphatic carbocycles. The van der Waals surface area contributed by atoms with Gasteiger partial charge < -0.3 is 5.32 Å². The lowest BCUT2D eigenvalue weighted by molar-refractivity contribution is -0.103. The van der Waals surface area contributed by atoms with Crippen LogP contribution in [0.2, 0.25) is 0 Å². The molecule has 2 heteroatoms. The van der Waals surface area contributed by atoms with Crippen LogP contribution in [0.4, 0.5) is 0 Å². The van der Waals surface area contributed by atoms with Gasteiger partial charge >= 0.3 is 0 Å². The number of carbonyl (C=O) groups excluding carboxylic acids is 1. The molecule has 10 heavy (non-hydrogen) atoms. The summed E-state index contributed by atoms with van der Waals surface area (Å²) in [6, 6.07) is 0. The van der Waals surface area contributed by atoms with Gasteiger partial charge in [-0.05, 0) is 25.3 Å². The largest absolute Gasteiger partial charge is 0.316 e. The van der Waals surface area contributed by atoms with Crippen molar-refractivity contribution in [3.8, 4) is 11.8 Å². The van der Waals surface area contributed by atoms with Crippen molar-refractivity contribution in [1.82, 2.24) is 5.32 Å². The molecule has 1 rings (SSSR count). The molecular weight excluding hydrogens is 126 g/mol. The lowest BCUT2D eigenvalue weighted by Crippen LogP contribution is -2.28. The van der Waals surface area contributed by atoms with Crippen LogP contribution in [0.3, 0.4) is 0 Å². The zero-order valence-corrected chi connectivity index (χ0v) is 5.89. The molecule has 1 unspecified atom stereocenters. The molecule has 1 atom stereocenters. The van der Waals surface area contributed by atoms with Gasteiger partial charge in [0.15, 0.2) is 6.29 Å². The second kappa shape index (κ2) is 4.08. The van der Waals surface area contributed by atoms with Gasteiger partial charge in [0.25, 0.3) is 0 Å². The van der Waals surface area contributed by atoms with Crippen LogP contribution in [0.15, 0.2) is 0 Å². The highest BCUT2D eigenvalue weighted by atomic mass is 16.1. The van der Waals surface area contributed by atoms with E-state index in [1.165, 1.54) is 6.42 Å². The summed E-state index contributed by atoms with van der Waals surface area (Å²) in [7, 11) is 0. The van der Waals surface area contributed by atoms with Gasteiger partial charge in [0.05, 0.1) is 0 Å². The first-order valence-corrected chi connectivity index (χ1v) is 3.59. The van der Waals surface area contributed by atoms with Crippen LogP contribution < -0.4 is 5.32 Å². The number of aldehydes is 1. The second-order valence-electron chi connectivity index (χ2n) is 2.45. The first-order valence-electron chi connectivity index (χ1n) is 3.59. The minimum Gasteiger partial charge on any atom is -0.316 e. The Morgan fingerprint density at radius 2 is 2.50 bits per heavy atom. The van der Waals surface area contributed by atoms with Crippen LogP contribution >= 0.6 is 0 Å². The number of hydrogen-bond acceptors (Lipinski definition) is 2. The van der Waals surface area contributed by atoms with Crippen molar-refractivity contribution in [2.24, 2.45) is 5.92 Å². The summed E-state index contributed by atoms with van der Waals surface area (Å²) in [6.45, 7) is 2.04. The Labute approximate surface area is 61.0 Å². The summed E-state index contributed by atoms with van der Waals surface area (Å²) in [5.74, 6) is 5.74. The molecule has 0 aromatic carbocycles. The van der Waals surface area contributed by atoms with Crippen LogP contribution in [0.1, 0.15) is 12.8 Å². The Morgan fingerprint density at radius 1 is 1.60 bits per heavy atom. The highest BCUT2D eigenvalue weighted by Crippen LogP contribution is 2.07. The minimum atomic E-state index is 0.402. The highest BCUT2D eigenvalue weighted by Gasteiger charge is 2.08. The molecule has 0 aromatic heterocycles. The molecule has 0 spiro atoms. The molecule has 1 N–H and O–H groups in total. The van der Waals surface area contributed by atoms with Crippen molar-refractivity contribution >= 4 is 6.29 Å². The lowest BCUT2D eigenvalue weighted by atomic mass is 10.0. The summed E-state index contributed by atoms with van der Waals surface area (Å²) in [5.41, 5.74) is 0. The topological polar surface area (TPSA) is 29.1 Å². The first kappa shape index (κ1) is 7.30. The molecule has 0 amide bonds. The molecule has 1 aliphatic heterocycles. The fraction of sp³-hybridized carbons (Fsp3) is 0.625. The summed E-state index contributed by atoms with van der Waals surface area (Å²) in [5, 5.41) is 3.23. The van der Waals surface area contributed by atoms with Crippen LogP contribution in [0.5, 0.6) is 0 Å². The summed E-state index contributed by atoms with van der Waals surface area (Å²) >= 11 is 0. The maximum Gasteiger partial charge on any atom is 0.192 e. The van der Waals surface area contributed by atoms with Gasteiger partial charge in [0, 0.05) is 12.5 Å². The maximum absolute atomic E-state index is 9.85. The van der Waals surface area contributed by atoms with Crippen molar-refractivity contribution in [1.29, 1.82) is 0 Å². The second-order valence-corrected chi connectivity index (χ2v) is 2.45. The van der Waals surface area contributed by atoms with Crippen molar-refractivity contribution < 1.29 is 4.79 Å². The van der Waals surface area contributed by atoms with Gasteiger partial charge in [-0.1, -0.05) is 5.92 Å². The Balaban J connectivity index is 2.32. The average Bonchev–Trinajstić information content (AvgIpc) is 2.03. The fourth-order valence-corrected chi connectivity index (χ4v) is 1.13. The Bertz CT molecular complexity index is 160. The summed E-state index contributed by atoms with van der Waals surface area (Å²) < 4.78 is 0. The van der Waals surface area contributed by atoms with E-state index in [2.05, 4.69) is 17.2 Å². The molecule has 0 radical (unpaired) electrons. The van der Waals surface area contributed by atoms with Crippen LogP contribution in [0.25, 0.3) is 0 Å². The Kier molecular flexibility index (Phi) is 2.98. The maximum atomic E-state index is 9.85. The van der Waals surface area contributed by atoms with E-state index in [0.717, 1.165) is 19.5 Å². The molecule has 0 aromatic rings. The van der Waals surface area contributed by atoms with Crippen molar-refractivity contribution in [2.75, 3.05) is 13.1 Å². The van der Waals surface area contributed by atoms with E-state index in [9.17, 15) is 4.79 Å². The van der Waals surface area contributed by atoms with E-state index in [1.54, 1.807) is 0 Å². The third kappa shape index (κ3) is 2.20. The number of piperidine rings is 1. The van der Waals surface area contributed by atoms with Crippen LogP contribution in [0, 0.1) is 17.8 Å². The van der Waals surface area contributed by atoms with Gasteiger partial charge in [-0.15, -0.1) is 0 Å². The summed E-state index contributed by atoms with van der Waals surface area (Å²) in [4.78, 5) is 9.85. The number of rotatable bonds is 0. The smallest absolute Gasteiger partial charge is 0.192 e. The Hall–Kier alpha value is -0.810. The van der Waals surface area contributed by atoms with E-state index in [1.807, 2.05) is 0 Å². The lowest BCUT2D eigenvalue weighted by Gasteiger charge is -2.16. The predicted molar refractivity (Wildman–Crippen MR) is 39.4 cm³/mol. The minimum absolute atomic E-state index is 0.402. The monoisotopic (exact) mass is 137 g/mol. The van der Waals surface area contributed by atoms with Crippen LogP contribution in [-0.4, -0.2) is 19.4 Å². The molecule has 1 saturated heterocycles. The highest BCUT2D eigenvalue weighted by molar-refractivity contribution is 5.72. The SMILES string of the molecule is O=CC#CC1CCCNC1. The fourth-order valence-electron chi connectivity index (χ4n) is 1.13. The number of carbonyl (C=O) groups is 1. The van der Waals surface area contributed by atoms with Gasteiger partial charge in [0.2, 0.25) is 0 Å². The van der Waals surface area contributed by atoms with Gasteiger partial charge in [0.1, 0.15) is 0 Å². The molecule has 2 nitrogen and oxygen atoms in total. The average molecular weight is 137 g/mol. The number of nitrogens with one attached hydrogen (secondary N) is 1. The van der Waals surface area contributed by atoms with Crippen LogP contribution in [-0.2, 0) is 4.79 Å². The summed E-state index contributed by atoms with van der Waals surface area (Å²) in [6.07, 6.45) is 2.97. The zero-order chi connectivity index (χ0) is 7.23. The van der Waals surface area contributed by atoms with E-state index >= 15 is 0 Å². The molecule has 0 bridgehead atoms. The van der Waals surface area contributed by atoms with Crippen molar-refractivity contribution in [3.05, 3.63) is 0 Å². The van der Waals surface area contributed by atoms with E-state index in [-0.39, 0.29) is 0 Å². The Morgan fingerprint density at radius 3 is 3.10 bits per heavy atom. The van der Waals surface area contributed by atoms with E-state index in [0.29, 0.717) is 12.2 Å². The van der Waals surface area contributed by atoms with Crippen molar-refractivity contribution in [2.45, 2.75) is 12.8 Å². The van der Waals surface area contributed by atoms with Gasteiger partial charge in [-0.3, -0.25) is 4.79 Å².